The first-order chi connectivity index (χ1) is 44.6. The summed E-state index contributed by atoms with van der Waals surface area (Å²) in [6, 6.07) is 32.9. The molecule has 0 aliphatic carbocycles. The molecular formula is C68H68F2N18O2S2. The minimum atomic E-state index is -0.336. The van der Waals surface area contributed by atoms with Crippen molar-refractivity contribution >= 4 is 79.3 Å². The van der Waals surface area contributed by atoms with Crippen molar-refractivity contribution in [2.45, 2.75) is 26.7 Å². The number of imidazole rings is 2. The number of thiazole rings is 2. The van der Waals surface area contributed by atoms with Crippen molar-refractivity contribution in [1.82, 2.24) is 58.3 Å². The number of hydrogen-bond donors (Lipinski definition) is 0. The zero-order chi connectivity index (χ0) is 63.9. The van der Waals surface area contributed by atoms with E-state index in [4.69, 9.17) is 29.9 Å². The van der Waals surface area contributed by atoms with Crippen molar-refractivity contribution in [3.63, 3.8) is 0 Å². The molecule has 0 bridgehead atoms. The summed E-state index contributed by atoms with van der Waals surface area (Å²) in [5.74, 6) is 3.73. The lowest BCUT2D eigenvalue weighted by Crippen LogP contribution is -2.57. The molecule has 10 aromatic rings. The first-order valence-corrected chi connectivity index (χ1v) is 32.5. The van der Waals surface area contributed by atoms with E-state index in [9.17, 15) is 28.9 Å². The number of aromatic nitrogens is 8. The van der Waals surface area contributed by atoms with Crippen LogP contribution in [-0.2, 0) is 22.4 Å². The SMILES string of the molecule is CCc1nc2ccc(-c3ccc(N4CCN(C(=O)C5CN(C)C5)CC4)nc3)cn2c1N(C)c1nc(-c2ccc(F)cc2)c(C#N)s1.CCc1nc2ccc(-c3ccc(N4CCN(C(=O)C5CN(C)C5)CC4)nc3)cn2c1N(C)c1nc(-c2ccc(F)cc2)c(C#N)s1. The molecule has 4 saturated heterocycles. The number of pyridine rings is 4. The van der Waals surface area contributed by atoms with Gasteiger partial charge in [0.1, 0.15) is 79.5 Å². The van der Waals surface area contributed by atoms with Crippen LogP contribution in [0.3, 0.4) is 0 Å². The summed E-state index contributed by atoms with van der Waals surface area (Å²) in [7, 11) is 7.95. The summed E-state index contributed by atoms with van der Waals surface area (Å²) < 4.78 is 31.2. The number of amides is 2. The Morgan fingerprint density at radius 1 is 0.511 bits per heavy atom. The van der Waals surface area contributed by atoms with Gasteiger partial charge in [-0.3, -0.25) is 18.4 Å². The van der Waals surface area contributed by atoms with Crippen LogP contribution in [0.2, 0.25) is 0 Å². The zero-order valence-corrected chi connectivity index (χ0v) is 53.7. The van der Waals surface area contributed by atoms with Gasteiger partial charge in [0, 0.05) is 151 Å². The van der Waals surface area contributed by atoms with Crippen LogP contribution in [0.25, 0.3) is 56.1 Å². The molecule has 0 atom stereocenters. The topological polar surface area (TPSA) is 194 Å². The summed E-state index contributed by atoms with van der Waals surface area (Å²) in [6.07, 6.45) is 9.34. The number of hydrogen-bond acceptors (Lipinski definition) is 18. The second-order valence-electron chi connectivity index (χ2n) is 23.7. The molecule has 2 aromatic carbocycles. The number of likely N-dealkylation sites (tertiary alicyclic amines) is 2. The number of aryl methyl sites for hydroxylation is 2. The molecule has 4 aliphatic rings. The van der Waals surface area contributed by atoms with Crippen molar-refractivity contribution in [3.05, 3.63) is 155 Å². The number of piperazine rings is 2. The highest BCUT2D eigenvalue weighted by atomic mass is 32.1. The lowest BCUT2D eigenvalue weighted by Gasteiger charge is -2.41. The molecule has 468 valence electrons. The van der Waals surface area contributed by atoms with Crippen LogP contribution in [0.4, 0.5) is 42.3 Å². The molecule has 0 saturated carbocycles. The fourth-order valence-electron chi connectivity index (χ4n) is 12.6. The Balaban J connectivity index is 0.000000168. The third kappa shape index (κ3) is 12.1. The predicted octanol–water partition coefficient (Wildman–Crippen LogP) is 10.1. The van der Waals surface area contributed by atoms with Gasteiger partial charge < -0.3 is 39.2 Å². The van der Waals surface area contributed by atoms with E-state index in [1.54, 1.807) is 24.3 Å². The number of fused-ring (bicyclic) bond motifs is 2. The molecule has 2 amide bonds. The van der Waals surface area contributed by atoms with Crippen molar-refractivity contribution in [1.29, 1.82) is 10.5 Å². The molecule has 4 aliphatic heterocycles. The quantitative estimate of drug-likeness (QED) is 0.0997. The van der Waals surface area contributed by atoms with Gasteiger partial charge in [-0.15, -0.1) is 0 Å². The van der Waals surface area contributed by atoms with Gasteiger partial charge in [0.15, 0.2) is 10.3 Å². The molecule has 20 nitrogen and oxygen atoms in total. The van der Waals surface area contributed by atoms with E-state index in [-0.39, 0.29) is 35.3 Å². The van der Waals surface area contributed by atoms with Gasteiger partial charge in [0.25, 0.3) is 0 Å². The fourth-order valence-corrected chi connectivity index (χ4v) is 14.3. The number of carbonyl (C=O) groups is 2. The first-order valence-electron chi connectivity index (χ1n) is 30.9. The van der Waals surface area contributed by atoms with Gasteiger partial charge in [-0.25, -0.2) is 38.7 Å². The van der Waals surface area contributed by atoms with E-state index in [1.807, 2.05) is 96.6 Å². The molecule has 12 heterocycles. The number of nitrogens with zero attached hydrogens (tertiary/aromatic N) is 18. The van der Waals surface area contributed by atoms with Crippen LogP contribution >= 0.6 is 22.7 Å². The maximum Gasteiger partial charge on any atom is 0.228 e. The van der Waals surface area contributed by atoms with Crippen molar-refractivity contribution in [3.8, 4) is 56.9 Å². The molecule has 4 fully saturated rings. The minimum Gasteiger partial charge on any atom is -0.353 e. The number of carbonyl (C=O) groups excluding carboxylic acids is 2. The van der Waals surface area contributed by atoms with Crippen LogP contribution in [0.5, 0.6) is 0 Å². The Morgan fingerprint density at radius 2 is 0.870 bits per heavy atom. The van der Waals surface area contributed by atoms with Gasteiger partial charge in [0.05, 0.1) is 23.2 Å². The average molecular weight is 1270 g/mol. The van der Waals surface area contributed by atoms with E-state index < -0.39 is 0 Å². The summed E-state index contributed by atoms with van der Waals surface area (Å²) >= 11 is 2.59. The molecule has 0 radical (unpaired) electrons. The van der Waals surface area contributed by atoms with Crippen LogP contribution in [0, 0.1) is 46.1 Å². The number of halogens is 2. The number of nitriles is 2. The monoisotopic (exact) mass is 1270 g/mol. The van der Waals surface area contributed by atoms with Crippen LogP contribution in [0.15, 0.2) is 122 Å². The molecule has 92 heavy (non-hydrogen) atoms. The lowest BCUT2D eigenvalue weighted by molar-refractivity contribution is -0.141. The minimum absolute atomic E-state index is 0.144. The predicted molar refractivity (Wildman–Crippen MR) is 356 cm³/mol. The van der Waals surface area contributed by atoms with E-state index >= 15 is 0 Å². The van der Waals surface area contributed by atoms with E-state index in [0.717, 1.165) is 147 Å². The zero-order valence-electron chi connectivity index (χ0n) is 52.0. The largest absolute Gasteiger partial charge is 0.353 e. The maximum atomic E-state index is 13.6. The van der Waals surface area contributed by atoms with Gasteiger partial charge >= 0.3 is 0 Å². The Labute approximate surface area is 540 Å². The van der Waals surface area contributed by atoms with Crippen molar-refractivity contribution < 1.29 is 18.4 Å². The first kappa shape index (κ1) is 61.2. The second-order valence-corrected chi connectivity index (χ2v) is 25.7. The fraction of sp³-hybridized carbons (Fsp3) is 0.324. The van der Waals surface area contributed by atoms with Gasteiger partial charge in [-0.1, -0.05) is 36.5 Å². The molecule has 0 spiro atoms. The van der Waals surface area contributed by atoms with Gasteiger partial charge in [-0.05, 0) is 124 Å². The second kappa shape index (κ2) is 25.9. The Bertz CT molecular complexity index is 4150. The van der Waals surface area contributed by atoms with Crippen LogP contribution in [-0.4, -0.2) is 177 Å². The molecule has 24 heteroatoms. The average Bonchev–Trinajstić information content (AvgIpc) is 1.65. The highest BCUT2D eigenvalue weighted by Crippen LogP contribution is 2.40. The van der Waals surface area contributed by atoms with Gasteiger partial charge in [-0.2, -0.15) is 10.5 Å². The van der Waals surface area contributed by atoms with Crippen molar-refractivity contribution in [2.24, 2.45) is 11.8 Å². The Morgan fingerprint density at radius 3 is 1.20 bits per heavy atom. The Hall–Kier alpha value is -9.72. The highest BCUT2D eigenvalue weighted by Gasteiger charge is 2.36. The normalized spacial score (nSPS) is 15.6. The third-order valence-electron chi connectivity index (χ3n) is 17.7. The molecule has 0 unspecified atom stereocenters. The number of benzene rings is 2. The highest BCUT2D eigenvalue weighted by molar-refractivity contribution is 7.17. The summed E-state index contributed by atoms with van der Waals surface area (Å²) in [6.45, 7) is 13.5. The molecule has 8 aromatic heterocycles. The summed E-state index contributed by atoms with van der Waals surface area (Å²) in [5.41, 5.74) is 9.83. The maximum absolute atomic E-state index is 13.6. The molecule has 0 N–H and O–H groups in total. The van der Waals surface area contributed by atoms with Crippen LogP contribution < -0.4 is 19.6 Å². The molecular weight excluding hydrogens is 1200 g/mol. The van der Waals surface area contributed by atoms with E-state index in [1.165, 1.54) is 46.9 Å². The van der Waals surface area contributed by atoms with E-state index in [2.05, 4.69) is 78.9 Å². The third-order valence-corrected chi connectivity index (χ3v) is 19.8. The van der Waals surface area contributed by atoms with Crippen molar-refractivity contribution in [2.75, 3.05) is 126 Å². The lowest BCUT2D eigenvalue weighted by atomic mass is 9.99. The van der Waals surface area contributed by atoms with Gasteiger partial charge in [0.2, 0.25) is 11.8 Å². The number of anilines is 6. The Kier molecular flexibility index (Phi) is 17.2. The summed E-state index contributed by atoms with van der Waals surface area (Å²) in [5, 5.41) is 21.0. The number of rotatable bonds is 14. The van der Waals surface area contributed by atoms with Crippen LogP contribution in [0.1, 0.15) is 35.0 Å². The van der Waals surface area contributed by atoms with E-state index in [0.29, 0.717) is 55.4 Å². The molecule has 14 rings (SSSR count). The standard InChI is InChI=1S/2C34H34FN9OS/c2*1-4-27-32(41(3)34-39-31(28(17-36)46-34)22-5-9-26(35)10-6-22)44-21-24(8-12-30(44)38-27)23-7-11-29(37-18-23)42-13-15-43(16-14-42)33(45)25-19-40(2)20-25/h2*5-12,18,21,25H,4,13-16,19-20H2,1-3H3. The smallest absolute Gasteiger partial charge is 0.228 e. The summed E-state index contributed by atoms with van der Waals surface area (Å²) in [4.78, 5) is 72.2.